The molecule has 0 radical (unpaired) electrons. The van der Waals surface area contributed by atoms with Gasteiger partial charge in [0.2, 0.25) is 0 Å². The van der Waals surface area contributed by atoms with Gasteiger partial charge in [0.05, 0.1) is 5.02 Å². The minimum Gasteiger partial charge on any atom is -0.479 e. The molecule has 21 heavy (non-hydrogen) atoms. The lowest BCUT2D eigenvalue weighted by atomic mass is 10.2. The minimum atomic E-state index is -0.681. The van der Waals surface area contributed by atoms with Crippen LogP contribution in [0.2, 0.25) is 5.02 Å². The normalized spacial score (nSPS) is 18.7. The number of hydrogen-bond acceptors (Lipinski definition) is 3. The van der Waals surface area contributed by atoms with Crippen LogP contribution >= 0.6 is 24.0 Å². The molecule has 4 nitrogen and oxygen atoms in total. The first kappa shape index (κ1) is 18.0. The average molecular weight is 337 g/mol. The summed E-state index contributed by atoms with van der Waals surface area (Å²) in [5.74, 6) is -0.347. The van der Waals surface area contributed by atoms with Gasteiger partial charge in [-0.1, -0.05) is 11.6 Å². The number of benzene rings is 1. The minimum absolute atomic E-state index is 0. The van der Waals surface area contributed by atoms with Crippen molar-refractivity contribution in [3.8, 4) is 5.75 Å². The van der Waals surface area contributed by atoms with Crippen LogP contribution in [0, 0.1) is 5.82 Å². The Morgan fingerprint density at radius 3 is 3.00 bits per heavy atom. The van der Waals surface area contributed by atoms with Gasteiger partial charge in [-0.2, -0.15) is 0 Å². The fourth-order valence-corrected chi connectivity index (χ4v) is 2.32. The summed E-state index contributed by atoms with van der Waals surface area (Å²) < 4.78 is 18.4. The monoisotopic (exact) mass is 336 g/mol. The van der Waals surface area contributed by atoms with Gasteiger partial charge in [0.25, 0.3) is 5.91 Å². The maximum absolute atomic E-state index is 12.9. The zero-order valence-corrected chi connectivity index (χ0v) is 13.3. The van der Waals surface area contributed by atoms with E-state index >= 15 is 0 Å². The van der Waals surface area contributed by atoms with E-state index in [0.29, 0.717) is 18.3 Å². The summed E-state index contributed by atoms with van der Waals surface area (Å²) >= 11 is 5.85. The lowest BCUT2D eigenvalue weighted by molar-refractivity contribution is -0.127. The Balaban J connectivity index is 0.00000220. The van der Waals surface area contributed by atoms with Crippen LogP contribution in [-0.2, 0) is 4.79 Å². The summed E-state index contributed by atoms with van der Waals surface area (Å²) in [6.45, 7) is 3.22. The topological polar surface area (TPSA) is 50.4 Å². The van der Waals surface area contributed by atoms with Crippen molar-refractivity contribution in [1.29, 1.82) is 0 Å². The molecule has 1 saturated heterocycles. The van der Waals surface area contributed by atoms with Gasteiger partial charge in [-0.05, 0) is 44.5 Å². The van der Waals surface area contributed by atoms with Crippen LogP contribution in [0.3, 0.4) is 0 Å². The maximum Gasteiger partial charge on any atom is 0.260 e. The van der Waals surface area contributed by atoms with E-state index in [1.54, 1.807) is 6.92 Å². The van der Waals surface area contributed by atoms with E-state index in [-0.39, 0.29) is 23.3 Å². The fraction of sp³-hybridized carbons (Fsp3) is 0.500. The van der Waals surface area contributed by atoms with Gasteiger partial charge in [0.15, 0.2) is 6.10 Å². The van der Waals surface area contributed by atoms with Crippen molar-refractivity contribution in [3.05, 3.63) is 29.0 Å². The van der Waals surface area contributed by atoms with Crippen molar-refractivity contribution >= 4 is 29.9 Å². The van der Waals surface area contributed by atoms with Crippen LogP contribution in [0.15, 0.2) is 18.2 Å². The quantitative estimate of drug-likeness (QED) is 0.868. The molecule has 1 fully saturated rings. The molecule has 7 heteroatoms. The average Bonchev–Trinajstić information content (AvgIpc) is 2.92. The van der Waals surface area contributed by atoms with E-state index in [4.69, 9.17) is 16.3 Å². The summed E-state index contributed by atoms with van der Waals surface area (Å²) in [6, 6.07) is 4.15. The smallest absolute Gasteiger partial charge is 0.260 e. The third kappa shape index (κ3) is 5.34. The molecule has 118 valence electrons. The SMILES string of the molecule is CC(Oc1ccc(F)cc1Cl)C(=O)NCC1CCCN1.Cl. The molecule has 1 aliphatic heterocycles. The van der Waals surface area contributed by atoms with E-state index in [1.807, 2.05) is 0 Å². The third-order valence-corrected chi connectivity index (χ3v) is 3.55. The van der Waals surface area contributed by atoms with E-state index in [1.165, 1.54) is 12.1 Å². The van der Waals surface area contributed by atoms with Crippen molar-refractivity contribution in [2.45, 2.75) is 31.9 Å². The van der Waals surface area contributed by atoms with Gasteiger partial charge in [-0.3, -0.25) is 4.79 Å². The van der Waals surface area contributed by atoms with Crippen LogP contribution < -0.4 is 15.4 Å². The molecule has 1 aromatic rings. The summed E-state index contributed by atoms with van der Waals surface area (Å²) in [7, 11) is 0. The number of carbonyl (C=O) groups excluding carboxylic acids is 1. The molecule has 2 atom stereocenters. The van der Waals surface area contributed by atoms with Crippen LogP contribution in [0.5, 0.6) is 5.75 Å². The maximum atomic E-state index is 12.9. The zero-order valence-electron chi connectivity index (χ0n) is 11.7. The first-order chi connectivity index (χ1) is 9.56. The van der Waals surface area contributed by atoms with Gasteiger partial charge in [0.1, 0.15) is 11.6 Å². The molecule has 0 saturated carbocycles. The van der Waals surface area contributed by atoms with E-state index in [2.05, 4.69) is 10.6 Å². The number of carbonyl (C=O) groups is 1. The summed E-state index contributed by atoms with van der Waals surface area (Å²) in [5.41, 5.74) is 0. The van der Waals surface area contributed by atoms with E-state index < -0.39 is 11.9 Å². The Morgan fingerprint density at radius 2 is 2.38 bits per heavy atom. The highest BCUT2D eigenvalue weighted by atomic mass is 35.5. The van der Waals surface area contributed by atoms with Crippen molar-refractivity contribution in [2.24, 2.45) is 0 Å². The molecule has 1 heterocycles. The predicted molar refractivity (Wildman–Crippen MR) is 82.8 cm³/mol. The predicted octanol–water partition coefficient (Wildman–Crippen LogP) is 2.54. The van der Waals surface area contributed by atoms with Crippen molar-refractivity contribution in [1.82, 2.24) is 10.6 Å². The number of nitrogens with one attached hydrogen (secondary N) is 2. The molecule has 2 rings (SSSR count). The number of hydrogen-bond donors (Lipinski definition) is 2. The Kier molecular flexibility index (Phi) is 7.22. The standard InChI is InChI=1S/C14H18ClFN2O2.ClH/c1-9(14(19)18-8-11-3-2-6-17-11)20-13-5-4-10(16)7-12(13)15;/h4-5,7,9,11,17H,2-3,6,8H2,1H3,(H,18,19);1H. The second-order valence-corrected chi connectivity index (χ2v) is 5.28. The molecule has 2 unspecified atom stereocenters. The molecule has 0 aliphatic carbocycles. The van der Waals surface area contributed by atoms with Crippen LogP contribution in [-0.4, -0.2) is 31.1 Å². The highest BCUT2D eigenvalue weighted by Gasteiger charge is 2.19. The number of rotatable bonds is 5. The highest BCUT2D eigenvalue weighted by Crippen LogP contribution is 2.25. The van der Waals surface area contributed by atoms with Gasteiger partial charge in [-0.15, -0.1) is 12.4 Å². The number of halogens is 3. The molecule has 0 spiro atoms. The Hall–Kier alpha value is -1.04. The molecule has 2 N–H and O–H groups in total. The van der Waals surface area contributed by atoms with Gasteiger partial charge in [0, 0.05) is 12.6 Å². The third-order valence-electron chi connectivity index (χ3n) is 3.25. The molecule has 1 amide bonds. The lowest BCUT2D eigenvalue weighted by Crippen LogP contribution is -2.42. The van der Waals surface area contributed by atoms with Crippen LogP contribution in [0.4, 0.5) is 4.39 Å². The first-order valence-electron chi connectivity index (χ1n) is 6.69. The molecule has 0 bridgehead atoms. The van der Waals surface area contributed by atoms with Crippen LogP contribution in [0.25, 0.3) is 0 Å². The summed E-state index contributed by atoms with van der Waals surface area (Å²) in [6.07, 6.45) is 1.52. The lowest BCUT2D eigenvalue weighted by Gasteiger charge is -2.17. The van der Waals surface area contributed by atoms with Gasteiger partial charge < -0.3 is 15.4 Å². The number of ether oxygens (including phenoxy) is 1. The van der Waals surface area contributed by atoms with E-state index in [0.717, 1.165) is 25.5 Å². The van der Waals surface area contributed by atoms with Crippen molar-refractivity contribution < 1.29 is 13.9 Å². The highest BCUT2D eigenvalue weighted by molar-refractivity contribution is 6.32. The van der Waals surface area contributed by atoms with Gasteiger partial charge in [-0.25, -0.2) is 4.39 Å². The van der Waals surface area contributed by atoms with Gasteiger partial charge >= 0.3 is 0 Å². The second-order valence-electron chi connectivity index (χ2n) is 4.87. The summed E-state index contributed by atoms with van der Waals surface area (Å²) in [5, 5.41) is 6.28. The fourth-order valence-electron chi connectivity index (χ4n) is 2.11. The summed E-state index contributed by atoms with van der Waals surface area (Å²) in [4.78, 5) is 11.9. The number of amides is 1. The largest absolute Gasteiger partial charge is 0.479 e. The molecule has 1 aromatic carbocycles. The Bertz CT molecular complexity index is 482. The zero-order chi connectivity index (χ0) is 14.5. The Morgan fingerprint density at radius 1 is 1.62 bits per heavy atom. The second kappa shape index (κ2) is 8.41. The first-order valence-corrected chi connectivity index (χ1v) is 7.07. The van der Waals surface area contributed by atoms with Crippen LogP contribution in [0.1, 0.15) is 19.8 Å². The Labute approximate surface area is 134 Å². The van der Waals surface area contributed by atoms with Crippen molar-refractivity contribution in [3.63, 3.8) is 0 Å². The molecule has 1 aliphatic rings. The van der Waals surface area contributed by atoms with E-state index in [9.17, 15) is 9.18 Å². The molecule has 0 aromatic heterocycles. The molecular formula is C14H19Cl2FN2O2. The molecular weight excluding hydrogens is 318 g/mol. The van der Waals surface area contributed by atoms with Crippen molar-refractivity contribution in [2.75, 3.05) is 13.1 Å².